The molecule has 2 heteroatoms. The number of rotatable bonds is 6. The van der Waals surface area contributed by atoms with Crippen LogP contribution in [0.4, 0.5) is 0 Å². The van der Waals surface area contributed by atoms with Gasteiger partial charge in [-0.15, -0.1) is 0 Å². The van der Waals surface area contributed by atoms with Crippen molar-refractivity contribution in [3.63, 3.8) is 0 Å². The van der Waals surface area contributed by atoms with Gasteiger partial charge in [-0.25, -0.2) is 0 Å². The molecular weight excluding hydrogens is 198 g/mol. The van der Waals surface area contributed by atoms with Crippen molar-refractivity contribution in [2.75, 3.05) is 0 Å². The summed E-state index contributed by atoms with van der Waals surface area (Å²) in [5.74, 6) is 0.0425. The Morgan fingerprint density at radius 3 is 2.69 bits per heavy atom. The molecule has 0 aliphatic heterocycles. The second kappa shape index (κ2) is 7.42. The van der Waals surface area contributed by atoms with E-state index >= 15 is 0 Å². The van der Waals surface area contributed by atoms with Crippen molar-refractivity contribution in [1.29, 1.82) is 5.26 Å². The molecule has 2 nitrogen and oxygen atoms in total. The van der Waals surface area contributed by atoms with Crippen molar-refractivity contribution >= 4 is 5.78 Å². The van der Waals surface area contributed by atoms with Crippen LogP contribution in [0.1, 0.15) is 36.0 Å². The van der Waals surface area contributed by atoms with E-state index in [4.69, 9.17) is 5.26 Å². The average Bonchev–Trinajstić information content (AvgIpc) is 2.34. The lowest BCUT2D eigenvalue weighted by Crippen LogP contribution is -1.92. The highest BCUT2D eigenvalue weighted by Gasteiger charge is 1.98. The molecule has 0 aliphatic rings. The summed E-state index contributed by atoms with van der Waals surface area (Å²) in [4.78, 5) is 11.6. The van der Waals surface area contributed by atoms with E-state index in [9.17, 15) is 4.79 Å². The molecule has 0 atom stereocenters. The van der Waals surface area contributed by atoms with Gasteiger partial charge in [0.25, 0.3) is 0 Å². The number of hydrogen-bond acceptors (Lipinski definition) is 2. The van der Waals surface area contributed by atoms with Gasteiger partial charge in [0, 0.05) is 12.0 Å². The fraction of sp³-hybridized carbons (Fsp3) is 0.286. The summed E-state index contributed by atoms with van der Waals surface area (Å²) < 4.78 is 0. The third kappa shape index (κ3) is 4.56. The van der Waals surface area contributed by atoms with Crippen molar-refractivity contribution in [3.8, 4) is 6.07 Å². The van der Waals surface area contributed by atoms with Gasteiger partial charge in [0.1, 0.15) is 0 Å². The largest absolute Gasteiger partial charge is 0.289 e. The SMILES string of the molecule is N#CCCCC/C=C/C(=O)c1ccccc1. The second-order valence-electron chi connectivity index (χ2n) is 3.54. The number of nitriles is 1. The van der Waals surface area contributed by atoms with E-state index in [0.717, 1.165) is 24.8 Å². The standard InChI is InChI=1S/C14H15NO/c15-12-8-3-1-2-7-11-14(16)13-9-5-4-6-10-13/h4-7,9-11H,1-3,8H2/b11-7+. The molecule has 0 radical (unpaired) electrons. The molecule has 0 aromatic heterocycles. The smallest absolute Gasteiger partial charge is 0.185 e. The first-order valence-electron chi connectivity index (χ1n) is 5.47. The Labute approximate surface area is 96.2 Å². The minimum Gasteiger partial charge on any atom is -0.289 e. The molecule has 0 fully saturated rings. The molecule has 0 saturated carbocycles. The van der Waals surface area contributed by atoms with E-state index in [1.807, 2.05) is 36.4 Å². The lowest BCUT2D eigenvalue weighted by atomic mass is 10.1. The molecular formula is C14H15NO. The summed E-state index contributed by atoms with van der Waals surface area (Å²) in [6, 6.07) is 11.3. The molecule has 1 aromatic carbocycles. The first kappa shape index (κ1) is 12.2. The number of nitrogens with zero attached hydrogens (tertiary/aromatic N) is 1. The van der Waals surface area contributed by atoms with Gasteiger partial charge in [0.2, 0.25) is 0 Å². The summed E-state index contributed by atoms with van der Waals surface area (Å²) >= 11 is 0. The summed E-state index contributed by atoms with van der Waals surface area (Å²) in [5, 5.41) is 8.34. The Morgan fingerprint density at radius 1 is 1.25 bits per heavy atom. The van der Waals surface area contributed by atoms with Crippen LogP contribution in [0, 0.1) is 11.3 Å². The molecule has 0 heterocycles. The number of unbranched alkanes of at least 4 members (excludes halogenated alkanes) is 3. The Balaban J connectivity index is 2.30. The number of benzene rings is 1. The number of carbonyl (C=O) groups is 1. The first-order valence-corrected chi connectivity index (χ1v) is 5.47. The predicted octanol–water partition coefficient (Wildman–Crippen LogP) is 3.51. The number of ketones is 1. The molecule has 16 heavy (non-hydrogen) atoms. The Bertz CT molecular complexity index is 387. The van der Waals surface area contributed by atoms with Crippen molar-refractivity contribution in [2.45, 2.75) is 25.7 Å². The highest BCUT2D eigenvalue weighted by atomic mass is 16.1. The maximum Gasteiger partial charge on any atom is 0.185 e. The zero-order valence-corrected chi connectivity index (χ0v) is 9.23. The van der Waals surface area contributed by atoms with Gasteiger partial charge in [0.15, 0.2) is 5.78 Å². The van der Waals surface area contributed by atoms with Crippen molar-refractivity contribution in [3.05, 3.63) is 48.0 Å². The van der Waals surface area contributed by atoms with Gasteiger partial charge in [-0.1, -0.05) is 36.4 Å². The molecule has 0 bridgehead atoms. The number of hydrogen-bond donors (Lipinski definition) is 0. The molecule has 0 saturated heterocycles. The van der Waals surface area contributed by atoms with Gasteiger partial charge in [-0.05, 0) is 25.3 Å². The zero-order chi connectivity index (χ0) is 11.6. The summed E-state index contributed by atoms with van der Waals surface area (Å²) in [7, 11) is 0. The van der Waals surface area contributed by atoms with Crippen LogP contribution < -0.4 is 0 Å². The summed E-state index contributed by atoms with van der Waals surface area (Å²) in [6.45, 7) is 0. The van der Waals surface area contributed by atoms with E-state index in [-0.39, 0.29) is 5.78 Å². The fourth-order valence-corrected chi connectivity index (χ4v) is 1.36. The zero-order valence-electron chi connectivity index (χ0n) is 9.23. The van der Waals surface area contributed by atoms with Crippen molar-refractivity contribution in [2.24, 2.45) is 0 Å². The van der Waals surface area contributed by atoms with Crippen LogP contribution in [0.3, 0.4) is 0 Å². The Morgan fingerprint density at radius 2 is 2.00 bits per heavy atom. The maximum absolute atomic E-state index is 11.6. The minimum absolute atomic E-state index is 0.0425. The van der Waals surface area contributed by atoms with Crippen LogP contribution in [0.15, 0.2) is 42.5 Å². The normalized spacial score (nSPS) is 10.2. The third-order valence-electron chi connectivity index (χ3n) is 2.24. The van der Waals surface area contributed by atoms with Gasteiger partial charge in [0.05, 0.1) is 6.07 Å². The molecule has 0 aliphatic carbocycles. The predicted molar refractivity (Wildman–Crippen MR) is 64.0 cm³/mol. The lowest BCUT2D eigenvalue weighted by Gasteiger charge is -1.94. The van der Waals surface area contributed by atoms with E-state index in [1.165, 1.54) is 0 Å². The highest BCUT2D eigenvalue weighted by molar-refractivity contribution is 6.04. The molecule has 0 N–H and O–H groups in total. The highest BCUT2D eigenvalue weighted by Crippen LogP contribution is 2.03. The van der Waals surface area contributed by atoms with Crippen LogP contribution in [0.2, 0.25) is 0 Å². The van der Waals surface area contributed by atoms with Gasteiger partial charge in [-0.2, -0.15) is 5.26 Å². The first-order chi connectivity index (χ1) is 7.84. The number of allylic oxidation sites excluding steroid dienone is 2. The molecule has 1 aromatic rings. The van der Waals surface area contributed by atoms with E-state index < -0.39 is 0 Å². The van der Waals surface area contributed by atoms with Gasteiger partial charge >= 0.3 is 0 Å². The third-order valence-corrected chi connectivity index (χ3v) is 2.24. The summed E-state index contributed by atoms with van der Waals surface area (Å²) in [6.07, 6.45) is 6.82. The van der Waals surface area contributed by atoms with E-state index in [2.05, 4.69) is 6.07 Å². The average molecular weight is 213 g/mol. The van der Waals surface area contributed by atoms with Crippen LogP contribution in [-0.2, 0) is 0 Å². The quantitative estimate of drug-likeness (QED) is 0.412. The monoisotopic (exact) mass is 213 g/mol. The van der Waals surface area contributed by atoms with Gasteiger partial charge in [-0.3, -0.25) is 4.79 Å². The minimum atomic E-state index is 0.0425. The Hall–Kier alpha value is -1.88. The molecule has 82 valence electrons. The second-order valence-corrected chi connectivity index (χ2v) is 3.54. The van der Waals surface area contributed by atoms with Crippen molar-refractivity contribution < 1.29 is 4.79 Å². The van der Waals surface area contributed by atoms with E-state index in [1.54, 1.807) is 6.08 Å². The number of carbonyl (C=O) groups excluding carboxylic acids is 1. The molecule has 0 spiro atoms. The Kier molecular flexibility index (Phi) is 5.65. The van der Waals surface area contributed by atoms with Crippen LogP contribution in [-0.4, -0.2) is 5.78 Å². The van der Waals surface area contributed by atoms with Crippen molar-refractivity contribution in [1.82, 2.24) is 0 Å². The van der Waals surface area contributed by atoms with E-state index in [0.29, 0.717) is 6.42 Å². The molecule has 0 amide bonds. The van der Waals surface area contributed by atoms with Crippen LogP contribution in [0.5, 0.6) is 0 Å². The van der Waals surface area contributed by atoms with Gasteiger partial charge < -0.3 is 0 Å². The molecule has 1 rings (SSSR count). The fourth-order valence-electron chi connectivity index (χ4n) is 1.36. The topological polar surface area (TPSA) is 40.9 Å². The maximum atomic E-state index is 11.6. The van der Waals surface area contributed by atoms with Crippen LogP contribution >= 0.6 is 0 Å². The molecule has 0 unspecified atom stereocenters. The van der Waals surface area contributed by atoms with Crippen LogP contribution in [0.25, 0.3) is 0 Å². The summed E-state index contributed by atoms with van der Waals surface area (Å²) in [5.41, 5.74) is 0.718. The lowest BCUT2D eigenvalue weighted by molar-refractivity contribution is 0.104.